The highest BCUT2D eigenvalue weighted by Gasteiger charge is 2.37. The SMILES string of the molecule is C=CCc1cc(C=C2C(=O)NC(=O)N(c3ccc(Br)c(C)c3)C2=O)cc(OC)c1OCC(=O)O. The fraction of sp³-hybridized carbons (Fsp3) is 0.167. The van der Waals surface area contributed by atoms with Crippen molar-refractivity contribution in [1.82, 2.24) is 5.32 Å². The number of carboxylic acids is 1. The molecule has 10 heteroatoms. The van der Waals surface area contributed by atoms with Gasteiger partial charge in [-0.15, -0.1) is 6.58 Å². The molecular formula is C24H21BrN2O7. The van der Waals surface area contributed by atoms with E-state index < -0.39 is 30.4 Å². The normalized spacial score (nSPS) is 14.7. The fourth-order valence-electron chi connectivity index (χ4n) is 3.35. The summed E-state index contributed by atoms with van der Waals surface area (Å²) < 4.78 is 11.5. The Balaban J connectivity index is 2.06. The van der Waals surface area contributed by atoms with Gasteiger partial charge < -0.3 is 14.6 Å². The highest BCUT2D eigenvalue weighted by molar-refractivity contribution is 9.10. The molecule has 3 rings (SSSR count). The van der Waals surface area contributed by atoms with Gasteiger partial charge in [0.25, 0.3) is 11.8 Å². The van der Waals surface area contributed by atoms with Crippen molar-refractivity contribution < 1.29 is 33.8 Å². The largest absolute Gasteiger partial charge is 0.493 e. The molecule has 1 saturated heterocycles. The van der Waals surface area contributed by atoms with Gasteiger partial charge in [-0.05, 0) is 60.9 Å². The van der Waals surface area contributed by atoms with Crippen molar-refractivity contribution >= 4 is 51.5 Å². The number of halogens is 1. The van der Waals surface area contributed by atoms with Crippen LogP contribution in [0.1, 0.15) is 16.7 Å². The van der Waals surface area contributed by atoms with Crippen LogP contribution < -0.4 is 19.7 Å². The number of methoxy groups -OCH3 is 1. The molecule has 0 atom stereocenters. The summed E-state index contributed by atoms with van der Waals surface area (Å²) in [5.74, 6) is -2.35. The van der Waals surface area contributed by atoms with Gasteiger partial charge in [0, 0.05) is 10.0 Å². The number of barbiturate groups is 1. The van der Waals surface area contributed by atoms with E-state index >= 15 is 0 Å². The maximum absolute atomic E-state index is 13.2. The summed E-state index contributed by atoms with van der Waals surface area (Å²) in [4.78, 5) is 50.0. The zero-order valence-corrected chi connectivity index (χ0v) is 20.0. The van der Waals surface area contributed by atoms with E-state index in [2.05, 4.69) is 27.8 Å². The molecule has 0 unspecified atom stereocenters. The van der Waals surface area contributed by atoms with E-state index in [1.54, 1.807) is 30.3 Å². The number of benzene rings is 2. The number of imide groups is 2. The van der Waals surface area contributed by atoms with Gasteiger partial charge in [0.2, 0.25) is 0 Å². The highest BCUT2D eigenvalue weighted by Crippen LogP contribution is 2.35. The molecular weight excluding hydrogens is 508 g/mol. The first-order chi connectivity index (χ1) is 16.2. The second kappa shape index (κ2) is 10.3. The van der Waals surface area contributed by atoms with Gasteiger partial charge >= 0.3 is 12.0 Å². The summed E-state index contributed by atoms with van der Waals surface area (Å²) in [7, 11) is 1.38. The topological polar surface area (TPSA) is 122 Å². The molecule has 2 N–H and O–H groups in total. The molecule has 0 aromatic heterocycles. The van der Waals surface area contributed by atoms with Crippen LogP contribution in [-0.2, 0) is 20.8 Å². The van der Waals surface area contributed by atoms with Gasteiger partial charge in [0.1, 0.15) is 5.57 Å². The molecule has 0 saturated carbocycles. The van der Waals surface area contributed by atoms with E-state index in [0.29, 0.717) is 23.2 Å². The second-order valence-electron chi connectivity index (χ2n) is 7.28. The van der Waals surface area contributed by atoms with Crippen molar-refractivity contribution in [3.63, 3.8) is 0 Å². The van der Waals surface area contributed by atoms with Crippen LogP contribution in [0, 0.1) is 6.92 Å². The summed E-state index contributed by atoms with van der Waals surface area (Å²) in [6.45, 7) is 4.92. The van der Waals surface area contributed by atoms with Crippen molar-refractivity contribution in [2.45, 2.75) is 13.3 Å². The van der Waals surface area contributed by atoms with Crippen LogP contribution >= 0.6 is 15.9 Å². The Labute approximate surface area is 203 Å². The van der Waals surface area contributed by atoms with Crippen LogP contribution in [0.15, 0.2) is 53.0 Å². The number of ether oxygens (including phenoxy) is 2. The number of amides is 4. The van der Waals surface area contributed by atoms with E-state index in [-0.39, 0.29) is 17.1 Å². The zero-order valence-electron chi connectivity index (χ0n) is 18.4. The molecule has 1 aliphatic rings. The number of nitrogens with zero attached hydrogens (tertiary/aromatic N) is 1. The van der Waals surface area contributed by atoms with Crippen molar-refractivity contribution in [3.8, 4) is 11.5 Å². The van der Waals surface area contributed by atoms with Gasteiger partial charge in [-0.3, -0.25) is 14.9 Å². The molecule has 2 aromatic carbocycles. The van der Waals surface area contributed by atoms with E-state index in [1.165, 1.54) is 19.3 Å². The summed E-state index contributed by atoms with van der Waals surface area (Å²) in [5, 5.41) is 11.1. The third-order valence-corrected chi connectivity index (χ3v) is 5.78. The number of carbonyl (C=O) groups is 4. The van der Waals surface area contributed by atoms with Gasteiger partial charge in [-0.1, -0.05) is 22.0 Å². The van der Waals surface area contributed by atoms with Crippen LogP contribution in [-0.4, -0.2) is 42.6 Å². The Hall–Kier alpha value is -3.92. The Morgan fingerprint density at radius 2 is 1.97 bits per heavy atom. The number of hydrogen-bond donors (Lipinski definition) is 2. The molecule has 0 radical (unpaired) electrons. The number of allylic oxidation sites excluding steroid dienone is 1. The lowest BCUT2D eigenvalue weighted by atomic mass is 10.0. The van der Waals surface area contributed by atoms with Crippen molar-refractivity contribution in [2.75, 3.05) is 18.6 Å². The maximum Gasteiger partial charge on any atom is 0.341 e. The summed E-state index contributed by atoms with van der Waals surface area (Å²) in [5.41, 5.74) is 1.81. The van der Waals surface area contributed by atoms with Crippen LogP contribution in [0.2, 0.25) is 0 Å². The summed E-state index contributed by atoms with van der Waals surface area (Å²) >= 11 is 3.38. The number of carboxylic acid groups (broad SMARTS) is 1. The average molecular weight is 529 g/mol. The number of aryl methyl sites for hydroxylation is 1. The lowest BCUT2D eigenvalue weighted by molar-refractivity contribution is -0.139. The Morgan fingerprint density at radius 3 is 2.59 bits per heavy atom. The molecule has 1 fully saturated rings. The summed E-state index contributed by atoms with van der Waals surface area (Å²) in [6, 6.07) is 7.21. The highest BCUT2D eigenvalue weighted by atomic mass is 79.9. The minimum Gasteiger partial charge on any atom is -0.493 e. The molecule has 0 bridgehead atoms. The quantitative estimate of drug-likeness (QED) is 0.304. The number of rotatable bonds is 8. The first kappa shape index (κ1) is 24.7. The third-order valence-electron chi connectivity index (χ3n) is 4.89. The van der Waals surface area contributed by atoms with E-state index in [1.807, 2.05) is 6.92 Å². The number of anilines is 1. The number of nitrogens with one attached hydrogen (secondary N) is 1. The second-order valence-corrected chi connectivity index (χ2v) is 8.13. The first-order valence-corrected chi connectivity index (χ1v) is 10.8. The van der Waals surface area contributed by atoms with E-state index in [9.17, 15) is 19.2 Å². The number of carbonyl (C=O) groups excluding carboxylic acids is 3. The van der Waals surface area contributed by atoms with Crippen molar-refractivity contribution in [3.05, 3.63) is 69.7 Å². The van der Waals surface area contributed by atoms with Gasteiger partial charge in [-0.2, -0.15) is 0 Å². The number of aliphatic carboxylic acids is 1. The molecule has 2 aromatic rings. The molecule has 9 nitrogen and oxygen atoms in total. The molecule has 0 aliphatic carbocycles. The maximum atomic E-state index is 13.2. The van der Waals surface area contributed by atoms with Gasteiger partial charge in [0.05, 0.1) is 12.8 Å². The lowest BCUT2D eigenvalue weighted by Crippen LogP contribution is -2.54. The average Bonchev–Trinajstić information content (AvgIpc) is 2.77. The molecule has 1 heterocycles. The number of hydrogen-bond acceptors (Lipinski definition) is 6. The third kappa shape index (κ3) is 5.18. The smallest absolute Gasteiger partial charge is 0.341 e. The van der Waals surface area contributed by atoms with E-state index in [4.69, 9.17) is 14.6 Å². The van der Waals surface area contributed by atoms with Crippen LogP contribution in [0.25, 0.3) is 6.08 Å². The fourth-order valence-corrected chi connectivity index (χ4v) is 3.60. The van der Waals surface area contributed by atoms with E-state index in [0.717, 1.165) is 14.9 Å². The standard InChI is InChI=1S/C24H21BrN2O7/c1-4-5-15-9-14(11-19(33-3)21(15)34-12-20(28)29)10-17-22(30)26-24(32)27(23(17)31)16-6-7-18(25)13(2)8-16/h4,6-11H,1,5,12H2,2-3H3,(H,28,29)(H,26,30,32). The molecule has 4 amide bonds. The monoisotopic (exact) mass is 528 g/mol. The van der Waals surface area contributed by atoms with Crippen molar-refractivity contribution in [2.24, 2.45) is 0 Å². The van der Waals surface area contributed by atoms with Crippen molar-refractivity contribution in [1.29, 1.82) is 0 Å². The molecule has 1 aliphatic heterocycles. The van der Waals surface area contributed by atoms with Gasteiger partial charge in [0.15, 0.2) is 18.1 Å². The summed E-state index contributed by atoms with van der Waals surface area (Å²) in [6.07, 6.45) is 3.23. The predicted octanol–water partition coefficient (Wildman–Crippen LogP) is 3.62. The van der Waals surface area contributed by atoms with Gasteiger partial charge in [-0.25, -0.2) is 14.5 Å². The van der Waals surface area contributed by atoms with Crippen LogP contribution in [0.4, 0.5) is 10.5 Å². The Morgan fingerprint density at radius 1 is 1.24 bits per heavy atom. The zero-order chi connectivity index (χ0) is 25.0. The van der Waals surface area contributed by atoms with Crippen LogP contribution in [0.3, 0.4) is 0 Å². The predicted molar refractivity (Wildman–Crippen MR) is 128 cm³/mol. The minimum atomic E-state index is -1.16. The van der Waals surface area contributed by atoms with Crippen LogP contribution in [0.5, 0.6) is 11.5 Å². The Kier molecular flexibility index (Phi) is 7.52. The number of urea groups is 1. The Bertz CT molecular complexity index is 1240. The first-order valence-electron chi connectivity index (χ1n) is 10.00. The molecule has 34 heavy (non-hydrogen) atoms. The lowest BCUT2D eigenvalue weighted by Gasteiger charge is -2.26. The molecule has 176 valence electrons. The minimum absolute atomic E-state index is 0.215. The molecule has 0 spiro atoms.